The van der Waals surface area contributed by atoms with Gasteiger partial charge in [0, 0.05) is 12.8 Å². The Morgan fingerprint density at radius 3 is 2.17 bits per heavy atom. The molecule has 0 amide bonds. The van der Waals surface area contributed by atoms with Gasteiger partial charge in [0.05, 0.1) is 19.5 Å². The first-order chi connectivity index (χ1) is 8.63. The maximum atomic E-state index is 10.9. The summed E-state index contributed by atoms with van der Waals surface area (Å²) in [4.78, 5) is 32.5. The van der Waals surface area contributed by atoms with Crippen LogP contribution in [0, 0.1) is 0 Å². The first-order valence-electron chi connectivity index (χ1n) is 5.84. The molecular weight excluding hydrogens is 256 g/mol. The zero-order valence-corrected chi connectivity index (χ0v) is 11.7. The van der Waals surface area contributed by atoms with E-state index in [1.54, 1.807) is 0 Å². The highest BCUT2D eigenvalue weighted by atomic mass is 32.2. The highest BCUT2D eigenvalue weighted by Gasteiger charge is 2.10. The number of aldehydes is 1. The van der Waals surface area contributed by atoms with E-state index in [0.717, 1.165) is 12.0 Å². The zero-order valence-electron chi connectivity index (χ0n) is 10.8. The summed E-state index contributed by atoms with van der Waals surface area (Å²) in [5.74, 6) is 0.246. The summed E-state index contributed by atoms with van der Waals surface area (Å²) >= 11 is 1.51. The lowest BCUT2D eigenvalue weighted by molar-refractivity contribution is -0.141. The van der Waals surface area contributed by atoms with Gasteiger partial charge in [-0.3, -0.25) is 9.59 Å². The van der Waals surface area contributed by atoms with Crippen molar-refractivity contribution in [3.05, 3.63) is 0 Å². The summed E-state index contributed by atoms with van der Waals surface area (Å²) in [6.45, 7) is 0. The minimum Gasteiger partial charge on any atom is -0.469 e. The van der Waals surface area contributed by atoms with Crippen LogP contribution in [0.15, 0.2) is 0 Å². The minimum atomic E-state index is -0.254. The third-order valence-corrected chi connectivity index (χ3v) is 3.63. The number of thioether (sulfide) groups is 1. The second kappa shape index (κ2) is 11.1. The van der Waals surface area contributed by atoms with Crippen molar-refractivity contribution in [3.8, 4) is 0 Å². The molecule has 0 aliphatic heterocycles. The molecular formula is C12H20O5S. The highest BCUT2D eigenvalue weighted by molar-refractivity contribution is 8.00. The molecule has 104 valence electrons. The highest BCUT2D eigenvalue weighted by Crippen LogP contribution is 2.17. The number of hydrogen-bond donors (Lipinski definition) is 0. The van der Waals surface area contributed by atoms with Crippen LogP contribution >= 0.6 is 11.8 Å². The van der Waals surface area contributed by atoms with E-state index in [1.165, 1.54) is 26.0 Å². The molecule has 0 aliphatic rings. The summed E-state index contributed by atoms with van der Waals surface area (Å²) in [6.07, 6.45) is 3.58. The quantitative estimate of drug-likeness (QED) is 0.343. The molecule has 0 rings (SSSR count). The standard InChI is InChI=1S/C12H20O5S/c1-16-11(14)6-3-5-10(9-13)18-8-4-7-12(15)17-2/h9-10H,3-8H2,1-2H3. The Hall–Kier alpha value is -1.04. The molecule has 18 heavy (non-hydrogen) atoms. The topological polar surface area (TPSA) is 69.7 Å². The molecule has 0 saturated heterocycles. The lowest BCUT2D eigenvalue weighted by Crippen LogP contribution is -2.08. The summed E-state index contributed by atoms with van der Waals surface area (Å²) in [5.41, 5.74) is 0. The molecule has 0 saturated carbocycles. The molecule has 1 unspecified atom stereocenters. The maximum Gasteiger partial charge on any atom is 0.305 e. The summed E-state index contributed by atoms with van der Waals surface area (Å²) in [6, 6.07) is 0. The van der Waals surface area contributed by atoms with Crippen molar-refractivity contribution in [2.75, 3.05) is 20.0 Å². The molecule has 0 fully saturated rings. The van der Waals surface area contributed by atoms with Gasteiger partial charge in [0.25, 0.3) is 0 Å². The van der Waals surface area contributed by atoms with Crippen molar-refractivity contribution in [2.24, 2.45) is 0 Å². The number of methoxy groups -OCH3 is 2. The lowest BCUT2D eigenvalue weighted by atomic mass is 10.2. The third kappa shape index (κ3) is 9.04. The Morgan fingerprint density at radius 2 is 1.67 bits per heavy atom. The number of hydrogen-bond acceptors (Lipinski definition) is 6. The second-order valence-electron chi connectivity index (χ2n) is 3.69. The fourth-order valence-corrected chi connectivity index (χ4v) is 2.32. The Bertz CT molecular complexity index is 267. The van der Waals surface area contributed by atoms with Gasteiger partial charge in [0.15, 0.2) is 0 Å². The summed E-state index contributed by atoms with van der Waals surface area (Å²) in [7, 11) is 2.71. The van der Waals surface area contributed by atoms with Gasteiger partial charge < -0.3 is 14.3 Å². The van der Waals surface area contributed by atoms with Crippen LogP contribution in [0.5, 0.6) is 0 Å². The van der Waals surface area contributed by atoms with Crippen LogP contribution in [0.1, 0.15) is 32.1 Å². The van der Waals surface area contributed by atoms with Gasteiger partial charge >= 0.3 is 11.9 Å². The molecule has 1 atom stereocenters. The van der Waals surface area contributed by atoms with Crippen LogP contribution in [-0.4, -0.2) is 43.4 Å². The smallest absolute Gasteiger partial charge is 0.305 e. The van der Waals surface area contributed by atoms with Crippen molar-refractivity contribution >= 4 is 30.0 Å². The lowest BCUT2D eigenvalue weighted by Gasteiger charge is -2.09. The molecule has 0 aromatic heterocycles. The molecule has 0 aliphatic carbocycles. The average Bonchev–Trinajstić information content (AvgIpc) is 2.40. The van der Waals surface area contributed by atoms with E-state index in [0.29, 0.717) is 32.1 Å². The Labute approximate surface area is 112 Å². The Morgan fingerprint density at radius 1 is 1.11 bits per heavy atom. The van der Waals surface area contributed by atoms with Gasteiger partial charge in [-0.25, -0.2) is 0 Å². The largest absolute Gasteiger partial charge is 0.469 e. The van der Waals surface area contributed by atoms with Crippen LogP contribution < -0.4 is 0 Å². The maximum absolute atomic E-state index is 10.9. The van der Waals surface area contributed by atoms with E-state index in [2.05, 4.69) is 9.47 Å². The first-order valence-corrected chi connectivity index (χ1v) is 6.89. The van der Waals surface area contributed by atoms with Crippen LogP contribution in [0.4, 0.5) is 0 Å². The van der Waals surface area contributed by atoms with E-state index in [9.17, 15) is 14.4 Å². The van der Waals surface area contributed by atoms with Gasteiger partial charge in [-0.15, -0.1) is 0 Å². The fourth-order valence-electron chi connectivity index (χ4n) is 1.29. The van der Waals surface area contributed by atoms with Gasteiger partial charge in [-0.2, -0.15) is 11.8 Å². The van der Waals surface area contributed by atoms with E-state index in [1.807, 2.05) is 0 Å². The van der Waals surface area contributed by atoms with Crippen LogP contribution in [-0.2, 0) is 23.9 Å². The number of carbonyl (C=O) groups excluding carboxylic acids is 3. The van der Waals surface area contributed by atoms with Crippen molar-refractivity contribution in [1.29, 1.82) is 0 Å². The predicted octanol–water partition coefficient (Wildman–Crippen LogP) is 1.58. The summed E-state index contributed by atoms with van der Waals surface area (Å²) < 4.78 is 9.04. The normalized spacial score (nSPS) is 11.7. The number of ether oxygens (including phenoxy) is 2. The molecule has 0 heterocycles. The van der Waals surface area contributed by atoms with E-state index >= 15 is 0 Å². The Balaban J connectivity index is 3.61. The molecule has 0 N–H and O–H groups in total. The van der Waals surface area contributed by atoms with Crippen molar-refractivity contribution in [3.63, 3.8) is 0 Å². The van der Waals surface area contributed by atoms with Crippen molar-refractivity contribution in [2.45, 2.75) is 37.4 Å². The van der Waals surface area contributed by atoms with Crippen LogP contribution in [0.25, 0.3) is 0 Å². The van der Waals surface area contributed by atoms with E-state index in [4.69, 9.17) is 0 Å². The van der Waals surface area contributed by atoms with E-state index in [-0.39, 0.29) is 17.2 Å². The number of esters is 2. The van der Waals surface area contributed by atoms with Gasteiger partial charge in [0.2, 0.25) is 0 Å². The molecule has 0 aromatic rings. The molecule has 0 bridgehead atoms. The SMILES string of the molecule is COC(=O)CCCSC(C=O)CCCC(=O)OC. The van der Waals surface area contributed by atoms with Crippen LogP contribution in [0.2, 0.25) is 0 Å². The average molecular weight is 276 g/mol. The van der Waals surface area contributed by atoms with Crippen molar-refractivity contribution in [1.82, 2.24) is 0 Å². The third-order valence-electron chi connectivity index (χ3n) is 2.33. The van der Waals surface area contributed by atoms with E-state index < -0.39 is 0 Å². The van der Waals surface area contributed by atoms with Gasteiger partial charge in [0.1, 0.15) is 6.29 Å². The van der Waals surface area contributed by atoms with Gasteiger partial charge in [-0.05, 0) is 25.0 Å². The zero-order chi connectivity index (χ0) is 13.8. The van der Waals surface area contributed by atoms with Crippen molar-refractivity contribution < 1.29 is 23.9 Å². The van der Waals surface area contributed by atoms with Crippen LogP contribution in [0.3, 0.4) is 0 Å². The first kappa shape index (κ1) is 17.0. The molecule has 6 heteroatoms. The molecule has 0 radical (unpaired) electrons. The summed E-state index contributed by atoms with van der Waals surface area (Å²) in [5, 5.41) is -0.118. The minimum absolute atomic E-state index is 0.118. The molecule has 0 aromatic carbocycles. The van der Waals surface area contributed by atoms with Gasteiger partial charge in [-0.1, -0.05) is 0 Å². The number of carbonyl (C=O) groups is 3. The number of rotatable bonds is 10. The molecule has 0 spiro atoms. The monoisotopic (exact) mass is 276 g/mol. The Kier molecular flexibility index (Phi) is 10.4. The fraction of sp³-hybridized carbons (Fsp3) is 0.750. The predicted molar refractivity (Wildman–Crippen MR) is 69.4 cm³/mol. The second-order valence-corrected chi connectivity index (χ2v) is 5.04. The molecule has 5 nitrogen and oxygen atoms in total.